The van der Waals surface area contributed by atoms with E-state index in [4.69, 9.17) is 5.73 Å². The summed E-state index contributed by atoms with van der Waals surface area (Å²) in [4.78, 5) is 19.6. The molecule has 0 amide bonds. The van der Waals surface area contributed by atoms with Crippen LogP contribution in [0.5, 0.6) is 0 Å². The minimum absolute atomic E-state index is 0.0146. The van der Waals surface area contributed by atoms with Crippen LogP contribution in [-0.4, -0.2) is 54.2 Å². The molecule has 6 nitrogen and oxygen atoms in total. The molecule has 1 aliphatic heterocycles. The van der Waals surface area contributed by atoms with E-state index in [0.717, 1.165) is 6.07 Å². The van der Waals surface area contributed by atoms with E-state index in [9.17, 15) is 14.3 Å². The molecule has 2 heterocycles. The van der Waals surface area contributed by atoms with Crippen LogP contribution in [0, 0.1) is 11.6 Å². The SMILES string of the molecule is CN1CCN(c2c(F)cc3nc(N)c(C(=O)O)c(-c4ccccc4)c3c2F)CC1. The molecule has 1 fully saturated rings. The maximum absolute atomic E-state index is 15.8. The molecule has 150 valence electrons. The number of rotatable bonds is 3. The Kier molecular flexibility index (Phi) is 4.79. The van der Waals surface area contributed by atoms with Crippen molar-refractivity contribution in [1.29, 1.82) is 0 Å². The lowest BCUT2D eigenvalue weighted by molar-refractivity contribution is 0.0698. The van der Waals surface area contributed by atoms with Crippen molar-refractivity contribution in [2.45, 2.75) is 0 Å². The van der Waals surface area contributed by atoms with Crippen molar-refractivity contribution >= 4 is 28.4 Å². The number of aromatic nitrogens is 1. The smallest absolute Gasteiger partial charge is 0.340 e. The third-order valence-electron chi connectivity index (χ3n) is 5.27. The summed E-state index contributed by atoms with van der Waals surface area (Å²) in [5.74, 6) is -3.16. The minimum atomic E-state index is -1.32. The van der Waals surface area contributed by atoms with Gasteiger partial charge in [0, 0.05) is 43.2 Å². The Morgan fingerprint density at radius 3 is 2.41 bits per heavy atom. The molecule has 0 aliphatic carbocycles. The number of carbonyl (C=O) groups is 1. The predicted octanol–water partition coefficient (Wildman–Crippen LogP) is 3.21. The second-order valence-electron chi connectivity index (χ2n) is 7.12. The maximum Gasteiger partial charge on any atom is 0.340 e. The first kappa shape index (κ1) is 19.1. The summed E-state index contributed by atoms with van der Waals surface area (Å²) >= 11 is 0. The molecule has 1 aromatic heterocycles. The van der Waals surface area contributed by atoms with Gasteiger partial charge in [-0.15, -0.1) is 0 Å². The summed E-state index contributed by atoms with van der Waals surface area (Å²) in [5.41, 5.74) is 5.98. The van der Waals surface area contributed by atoms with E-state index in [1.54, 1.807) is 35.2 Å². The number of likely N-dealkylation sites (N-methyl/N-ethyl adjacent to an activating group) is 1. The molecule has 29 heavy (non-hydrogen) atoms. The fourth-order valence-electron chi connectivity index (χ4n) is 3.79. The highest BCUT2D eigenvalue weighted by molar-refractivity contribution is 6.10. The number of pyridine rings is 1. The highest BCUT2D eigenvalue weighted by Crippen LogP contribution is 2.40. The zero-order valence-electron chi connectivity index (χ0n) is 15.8. The number of nitrogens with zero attached hydrogens (tertiary/aromatic N) is 3. The monoisotopic (exact) mass is 398 g/mol. The first-order valence-electron chi connectivity index (χ1n) is 9.22. The minimum Gasteiger partial charge on any atom is -0.478 e. The van der Waals surface area contributed by atoms with Gasteiger partial charge in [0.15, 0.2) is 11.6 Å². The number of fused-ring (bicyclic) bond motifs is 1. The summed E-state index contributed by atoms with van der Waals surface area (Å²) < 4.78 is 30.7. The van der Waals surface area contributed by atoms with Gasteiger partial charge in [-0.05, 0) is 12.6 Å². The van der Waals surface area contributed by atoms with Crippen molar-refractivity contribution in [3.05, 3.63) is 53.6 Å². The Morgan fingerprint density at radius 1 is 1.14 bits per heavy atom. The highest BCUT2D eigenvalue weighted by Gasteiger charge is 2.28. The second kappa shape index (κ2) is 7.29. The summed E-state index contributed by atoms with van der Waals surface area (Å²) in [5, 5.41) is 9.68. The zero-order valence-corrected chi connectivity index (χ0v) is 15.8. The molecule has 0 atom stereocenters. The van der Waals surface area contributed by atoms with Crippen LogP contribution < -0.4 is 10.6 Å². The van der Waals surface area contributed by atoms with Crippen LogP contribution in [0.15, 0.2) is 36.4 Å². The molecular formula is C21H20F2N4O2. The second-order valence-corrected chi connectivity index (χ2v) is 7.12. The number of carboxylic acid groups (broad SMARTS) is 1. The number of nitrogen functional groups attached to an aromatic ring is 1. The standard InChI is InChI=1S/C21H20F2N4O2/c1-26-7-9-27(10-8-26)19-13(22)11-14-16(18(19)23)15(12-5-3-2-4-6-12)17(21(28)29)20(24)25-14/h2-6,11H,7-10H2,1H3,(H2,24,25)(H,28,29). The molecule has 8 heteroatoms. The summed E-state index contributed by atoms with van der Waals surface area (Å²) in [6.07, 6.45) is 0. The van der Waals surface area contributed by atoms with Gasteiger partial charge in [-0.2, -0.15) is 0 Å². The van der Waals surface area contributed by atoms with E-state index in [1.807, 2.05) is 7.05 Å². The lowest BCUT2D eigenvalue weighted by atomic mass is 9.94. The molecule has 2 aromatic carbocycles. The molecule has 1 saturated heterocycles. The van der Waals surface area contributed by atoms with Crippen LogP contribution in [0.3, 0.4) is 0 Å². The average Bonchev–Trinajstić information content (AvgIpc) is 2.68. The van der Waals surface area contributed by atoms with Gasteiger partial charge in [0.1, 0.15) is 17.1 Å². The number of hydrogen-bond donors (Lipinski definition) is 2. The molecule has 4 rings (SSSR count). The van der Waals surface area contributed by atoms with Gasteiger partial charge in [0.05, 0.1) is 5.52 Å². The Bertz CT molecular complexity index is 1100. The van der Waals surface area contributed by atoms with E-state index >= 15 is 4.39 Å². The fraction of sp³-hybridized carbons (Fsp3) is 0.238. The van der Waals surface area contributed by atoms with Crippen LogP contribution in [0.4, 0.5) is 20.3 Å². The lowest BCUT2D eigenvalue weighted by Crippen LogP contribution is -2.45. The molecular weight excluding hydrogens is 378 g/mol. The van der Waals surface area contributed by atoms with E-state index in [1.165, 1.54) is 0 Å². The topological polar surface area (TPSA) is 82.7 Å². The number of hydrogen-bond acceptors (Lipinski definition) is 5. The van der Waals surface area contributed by atoms with E-state index in [0.29, 0.717) is 31.7 Å². The van der Waals surface area contributed by atoms with E-state index < -0.39 is 17.6 Å². The first-order chi connectivity index (χ1) is 13.9. The molecule has 3 aromatic rings. The summed E-state index contributed by atoms with van der Waals surface area (Å²) in [6.45, 7) is 2.26. The normalized spacial score (nSPS) is 15.1. The third kappa shape index (κ3) is 3.25. The van der Waals surface area contributed by atoms with Crippen molar-refractivity contribution in [1.82, 2.24) is 9.88 Å². The maximum atomic E-state index is 15.8. The lowest BCUT2D eigenvalue weighted by Gasteiger charge is -2.34. The van der Waals surface area contributed by atoms with Crippen LogP contribution in [-0.2, 0) is 0 Å². The van der Waals surface area contributed by atoms with Gasteiger partial charge in [-0.25, -0.2) is 18.6 Å². The highest BCUT2D eigenvalue weighted by atomic mass is 19.1. The Balaban J connectivity index is 2.06. The molecule has 3 N–H and O–H groups in total. The van der Waals surface area contributed by atoms with Crippen LogP contribution in [0.2, 0.25) is 0 Å². The predicted molar refractivity (Wildman–Crippen MR) is 108 cm³/mol. The van der Waals surface area contributed by atoms with Crippen LogP contribution >= 0.6 is 0 Å². The van der Waals surface area contributed by atoms with Crippen molar-refractivity contribution < 1.29 is 18.7 Å². The number of carboxylic acids is 1. The van der Waals surface area contributed by atoms with Gasteiger partial charge in [0.25, 0.3) is 0 Å². The van der Waals surface area contributed by atoms with Crippen LogP contribution in [0.25, 0.3) is 22.0 Å². The number of aromatic carboxylic acids is 1. The van der Waals surface area contributed by atoms with E-state index in [-0.39, 0.29) is 33.5 Å². The largest absolute Gasteiger partial charge is 0.478 e. The van der Waals surface area contributed by atoms with Crippen molar-refractivity contribution in [3.8, 4) is 11.1 Å². The molecule has 0 bridgehead atoms. The quantitative estimate of drug-likeness (QED) is 0.705. The molecule has 0 saturated carbocycles. The molecule has 1 aliphatic rings. The Labute approximate surface area is 166 Å². The average molecular weight is 398 g/mol. The van der Waals surface area contributed by atoms with Crippen molar-refractivity contribution in [2.75, 3.05) is 43.9 Å². The molecule has 0 radical (unpaired) electrons. The summed E-state index contributed by atoms with van der Waals surface area (Å²) in [6, 6.07) is 9.65. The van der Waals surface area contributed by atoms with Gasteiger partial charge >= 0.3 is 5.97 Å². The van der Waals surface area contributed by atoms with Gasteiger partial charge in [0.2, 0.25) is 0 Å². The first-order valence-corrected chi connectivity index (χ1v) is 9.22. The van der Waals surface area contributed by atoms with Gasteiger partial charge < -0.3 is 20.6 Å². The van der Waals surface area contributed by atoms with Crippen molar-refractivity contribution in [2.24, 2.45) is 0 Å². The van der Waals surface area contributed by atoms with Crippen molar-refractivity contribution in [3.63, 3.8) is 0 Å². The number of anilines is 2. The summed E-state index contributed by atoms with van der Waals surface area (Å²) in [7, 11) is 1.95. The fourth-order valence-corrected chi connectivity index (χ4v) is 3.79. The molecule has 0 spiro atoms. The number of halogens is 2. The van der Waals surface area contributed by atoms with Crippen LogP contribution in [0.1, 0.15) is 10.4 Å². The van der Waals surface area contributed by atoms with Gasteiger partial charge in [-0.1, -0.05) is 30.3 Å². The Morgan fingerprint density at radius 2 is 1.79 bits per heavy atom. The molecule has 0 unspecified atom stereocenters. The number of nitrogens with two attached hydrogens (primary N) is 1. The van der Waals surface area contributed by atoms with Gasteiger partial charge in [-0.3, -0.25) is 0 Å². The number of benzene rings is 2. The third-order valence-corrected chi connectivity index (χ3v) is 5.27. The zero-order chi connectivity index (χ0) is 20.7. The Hall–Kier alpha value is -3.26. The number of piperazine rings is 1. The van der Waals surface area contributed by atoms with E-state index in [2.05, 4.69) is 9.88 Å².